The molecule has 0 aliphatic heterocycles. The van der Waals surface area contributed by atoms with Gasteiger partial charge in [0.25, 0.3) is 0 Å². The topological polar surface area (TPSA) is 56.7 Å². The van der Waals surface area contributed by atoms with Gasteiger partial charge >= 0.3 is 0 Å². The molecular weight excluding hydrogens is 320 g/mol. The average Bonchev–Trinajstić information content (AvgIpc) is 2.60. The van der Waals surface area contributed by atoms with Crippen molar-refractivity contribution in [3.05, 3.63) is 0 Å². The minimum Gasteiger partial charge on any atom is -0.357 e. The second kappa shape index (κ2) is 11.9. The van der Waals surface area contributed by atoms with Gasteiger partial charge in [0.15, 0.2) is 5.96 Å². The Hall–Kier alpha value is -0.620. The van der Waals surface area contributed by atoms with Crippen molar-refractivity contribution in [2.45, 2.75) is 77.6 Å². The third kappa shape index (κ3) is 7.09. The number of guanidine groups is 1. The highest BCUT2D eigenvalue weighted by Crippen LogP contribution is 2.22. The molecule has 0 aromatic carbocycles. The Morgan fingerprint density at radius 1 is 1.25 bits per heavy atom. The predicted molar refractivity (Wildman–Crippen MR) is 106 cm³/mol. The maximum atomic E-state index is 12.1. The van der Waals surface area contributed by atoms with Crippen LogP contribution >= 0.6 is 0 Å². The second-order valence-corrected chi connectivity index (χ2v) is 8.59. The van der Waals surface area contributed by atoms with Crippen molar-refractivity contribution in [3.8, 4) is 0 Å². The summed E-state index contributed by atoms with van der Waals surface area (Å²) in [6.45, 7) is 14.5. The summed E-state index contributed by atoms with van der Waals surface area (Å²) in [5.41, 5.74) is 0. The molecule has 24 heavy (non-hydrogen) atoms. The first-order valence-electron chi connectivity index (χ1n) is 9.71. The summed E-state index contributed by atoms with van der Waals surface area (Å²) in [5, 5.41) is 7.29. The summed E-state index contributed by atoms with van der Waals surface area (Å²) in [6, 6.07) is 0.836. The molecule has 6 heteroatoms. The fourth-order valence-electron chi connectivity index (χ4n) is 3.45. The Balaban J connectivity index is 2.61. The van der Waals surface area contributed by atoms with Crippen molar-refractivity contribution in [2.75, 3.05) is 31.9 Å². The van der Waals surface area contributed by atoms with E-state index in [0.29, 0.717) is 17.3 Å². The molecule has 0 bridgehead atoms. The van der Waals surface area contributed by atoms with E-state index in [0.717, 1.165) is 63.6 Å². The van der Waals surface area contributed by atoms with Crippen molar-refractivity contribution in [1.82, 2.24) is 15.5 Å². The van der Waals surface area contributed by atoms with Gasteiger partial charge in [-0.15, -0.1) is 0 Å². The number of aliphatic imine (C=N–C) groups is 1. The fourth-order valence-corrected chi connectivity index (χ4v) is 4.80. The zero-order chi connectivity index (χ0) is 17.9. The molecule has 0 spiro atoms. The molecule has 1 fully saturated rings. The second-order valence-electron chi connectivity index (χ2n) is 6.59. The van der Waals surface area contributed by atoms with Crippen molar-refractivity contribution in [3.63, 3.8) is 0 Å². The van der Waals surface area contributed by atoms with E-state index in [1.54, 1.807) is 0 Å². The van der Waals surface area contributed by atoms with Crippen LogP contribution in [0.5, 0.6) is 0 Å². The van der Waals surface area contributed by atoms with E-state index >= 15 is 0 Å². The summed E-state index contributed by atoms with van der Waals surface area (Å²) in [6.07, 6.45) is 4.40. The van der Waals surface area contributed by atoms with Gasteiger partial charge in [-0.05, 0) is 46.2 Å². The number of nitrogens with zero attached hydrogens (tertiary/aromatic N) is 2. The SMILES string of the molecule is CCNC(=NCC(C)N(CC)CC)NC1CCCC(S(=O)CC)C1. The quantitative estimate of drug-likeness (QED) is 0.491. The Bertz CT molecular complexity index is 398. The molecule has 1 aliphatic carbocycles. The number of nitrogens with one attached hydrogen (secondary N) is 2. The molecule has 0 radical (unpaired) electrons. The van der Waals surface area contributed by atoms with Gasteiger partial charge < -0.3 is 10.6 Å². The van der Waals surface area contributed by atoms with Gasteiger partial charge in [0.05, 0.1) is 6.54 Å². The monoisotopic (exact) mass is 358 g/mol. The Morgan fingerprint density at radius 3 is 2.54 bits per heavy atom. The van der Waals surface area contributed by atoms with Crippen molar-refractivity contribution in [1.29, 1.82) is 0 Å². The maximum absolute atomic E-state index is 12.1. The lowest BCUT2D eigenvalue weighted by Crippen LogP contribution is -2.47. The average molecular weight is 359 g/mol. The van der Waals surface area contributed by atoms with Crippen LogP contribution in [0, 0.1) is 0 Å². The van der Waals surface area contributed by atoms with Crippen LogP contribution in [0.4, 0.5) is 0 Å². The highest BCUT2D eigenvalue weighted by molar-refractivity contribution is 7.85. The highest BCUT2D eigenvalue weighted by atomic mass is 32.2. The summed E-state index contributed by atoms with van der Waals surface area (Å²) < 4.78 is 12.1. The summed E-state index contributed by atoms with van der Waals surface area (Å²) in [4.78, 5) is 7.22. The van der Waals surface area contributed by atoms with Gasteiger partial charge in [0.2, 0.25) is 0 Å². The van der Waals surface area contributed by atoms with Crippen LogP contribution in [-0.4, -0.2) is 64.3 Å². The smallest absolute Gasteiger partial charge is 0.191 e. The predicted octanol–water partition coefficient (Wildman–Crippen LogP) is 2.35. The lowest BCUT2D eigenvalue weighted by Gasteiger charge is -2.30. The minimum absolute atomic E-state index is 0.346. The van der Waals surface area contributed by atoms with Crippen LogP contribution < -0.4 is 10.6 Å². The Kier molecular flexibility index (Phi) is 10.6. The third-order valence-corrected chi connectivity index (χ3v) is 6.66. The number of likely N-dealkylation sites (N-methyl/N-ethyl adjacent to an activating group) is 1. The molecule has 2 N–H and O–H groups in total. The lowest BCUT2D eigenvalue weighted by atomic mass is 9.95. The Labute approximate surface area is 151 Å². The fraction of sp³-hybridized carbons (Fsp3) is 0.944. The minimum atomic E-state index is -0.679. The van der Waals surface area contributed by atoms with E-state index in [4.69, 9.17) is 4.99 Å². The number of hydrogen-bond acceptors (Lipinski definition) is 3. The van der Waals surface area contributed by atoms with E-state index in [-0.39, 0.29) is 0 Å². The normalized spacial score (nSPS) is 24.7. The van der Waals surface area contributed by atoms with Gasteiger partial charge in [-0.3, -0.25) is 14.1 Å². The maximum Gasteiger partial charge on any atom is 0.191 e. The molecule has 5 nitrogen and oxygen atoms in total. The molecule has 0 aromatic heterocycles. The number of rotatable bonds is 9. The molecule has 1 saturated carbocycles. The Morgan fingerprint density at radius 2 is 1.96 bits per heavy atom. The first-order valence-corrected chi connectivity index (χ1v) is 11.1. The van der Waals surface area contributed by atoms with Crippen LogP contribution in [0.3, 0.4) is 0 Å². The first-order chi connectivity index (χ1) is 11.5. The van der Waals surface area contributed by atoms with Gasteiger partial charge in [-0.2, -0.15) is 0 Å². The lowest BCUT2D eigenvalue weighted by molar-refractivity contribution is 0.236. The van der Waals surface area contributed by atoms with E-state index in [2.05, 4.69) is 43.2 Å². The molecule has 0 heterocycles. The standard InChI is InChI=1S/C18H38N4OS/c1-6-19-18(20-14-15(5)22(7-2)8-3)21-16-11-10-12-17(13-16)24(23)9-4/h15-17H,6-14H2,1-5H3,(H2,19,20,21). The summed E-state index contributed by atoms with van der Waals surface area (Å²) >= 11 is 0. The van der Waals surface area contributed by atoms with E-state index in [1.165, 1.54) is 0 Å². The van der Waals surface area contributed by atoms with E-state index in [9.17, 15) is 4.21 Å². The van der Waals surface area contributed by atoms with Crippen LogP contribution in [-0.2, 0) is 10.8 Å². The third-order valence-electron chi connectivity index (χ3n) is 4.92. The van der Waals surface area contributed by atoms with Crippen LogP contribution in [0.2, 0.25) is 0 Å². The first kappa shape index (κ1) is 21.4. The van der Waals surface area contributed by atoms with Crippen molar-refractivity contribution < 1.29 is 4.21 Å². The van der Waals surface area contributed by atoms with E-state index in [1.807, 2.05) is 6.92 Å². The van der Waals surface area contributed by atoms with Gasteiger partial charge in [0, 0.05) is 40.4 Å². The molecule has 0 amide bonds. The molecule has 1 aliphatic rings. The number of hydrogen-bond donors (Lipinski definition) is 2. The molecule has 1 rings (SSSR count). The molecule has 142 valence electrons. The van der Waals surface area contributed by atoms with Crippen LogP contribution in [0.1, 0.15) is 60.3 Å². The molecular formula is C18H38N4OS. The van der Waals surface area contributed by atoms with Crippen LogP contribution in [0.25, 0.3) is 0 Å². The van der Waals surface area contributed by atoms with Crippen LogP contribution in [0.15, 0.2) is 4.99 Å². The van der Waals surface area contributed by atoms with Gasteiger partial charge in [-0.25, -0.2) is 0 Å². The zero-order valence-corrected chi connectivity index (χ0v) is 17.1. The van der Waals surface area contributed by atoms with Gasteiger partial charge in [-0.1, -0.05) is 27.2 Å². The molecule has 0 saturated heterocycles. The molecule has 4 unspecified atom stereocenters. The largest absolute Gasteiger partial charge is 0.357 e. The molecule has 4 atom stereocenters. The summed E-state index contributed by atoms with van der Waals surface area (Å²) in [7, 11) is -0.679. The summed E-state index contributed by atoms with van der Waals surface area (Å²) in [5.74, 6) is 1.68. The van der Waals surface area contributed by atoms with Gasteiger partial charge in [0.1, 0.15) is 0 Å². The molecule has 0 aromatic rings. The van der Waals surface area contributed by atoms with Crippen molar-refractivity contribution in [2.24, 2.45) is 4.99 Å². The highest BCUT2D eigenvalue weighted by Gasteiger charge is 2.26. The van der Waals surface area contributed by atoms with Crippen molar-refractivity contribution >= 4 is 16.8 Å². The zero-order valence-electron chi connectivity index (χ0n) is 16.3. The van der Waals surface area contributed by atoms with E-state index < -0.39 is 10.8 Å².